The summed E-state index contributed by atoms with van der Waals surface area (Å²) in [4.78, 5) is 38.1. The standard InChI is InChI=1S/C20H28N4O5/c1-13(2)10-21-20(27)23-18(25)11-24-7-5-14(6-8-24)19(26)22-15-3-4-16-17(9-15)29-12-28-16/h3-4,9,13-14H,5-8,10-12H2,1-2H3,(H,22,26)(H2,21,23,25,27). The molecule has 9 heteroatoms. The maximum absolute atomic E-state index is 12.5. The average Bonchev–Trinajstić information content (AvgIpc) is 3.14. The summed E-state index contributed by atoms with van der Waals surface area (Å²) < 4.78 is 10.6. The van der Waals surface area contributed by atoms with Gasteiger partial charge in [0.15, 0.2) is 11.5 Å². The number of imide groups is 1. The van der Waals surface area contributed by atoms with Gasteiger partial charge in [-0.25, -0.2) is 4.79 Å². The molecule has 29 heavy (non-hydrogen) atoms. The molecule has 0 aromatic heterocycles. The number of hydrogen-bond acceptors (Lipinski definition) is 6. The Morgan fingerprint density at radius 2 is 1.86 bits per heavy atom. The zero-order valence-electron chi connectivity index (χ0n) is 16.8. The number of carbonyl (C=O) groups excluding carboxylic acids is 3. The highest BCUT2D eigenvalue weighted by Gasteiger charge is 2.26. The number of likely N-dealkylation sites (tertiary alicyclic amines) is 1. The monoisotopic (exact) mass is 404 g/mol. The van der Waals surface area contributed by atoms with Gasteiger partial charge in [0.25, 0.3) is 0 Å². The Morgan fingerprint density at radius 3 is 2.59 bits per heavy atom. The highest BCUT2D eigenvalue weighted by Crippen LogP contribution is 2.34. The van der Waals surface area contributed by atoms with Crippen LogP contribution in [0.2, 0.25) is 0 Å². The number of fused-ring (bicyclic) bond motifs is 1. The summed E-state index contributed by atoms with van der Waals surface area (Å²) in [6, 6.07) is 4.84. The molecule has 0 atom stereocenters. The molecule has 3 rings (SSSR count). The second-order valence-corrected chi connectivity index (χ2v) is 7.76. The lowest BCUT2D eigenvalue weighted by molar-refractivity contribution is -0.122. The van der Waals surface area contributed by atoms with Gasteiger partial charge in [0.05, 0.1) is 6.54 Å². The normalized spacial score (nSPS) is 16.5. The maximum atomic E-state index is 12.5. The van der Waals surface area contributed by atoms with Crippen LogP contribution in [0.1, 0.15) is 26.7 Å². The van der Waals surface area contributed by atoms with Crippen LogP contribution in [0.4, 0.5) is 10.5 Å². The molecule has 0 radical (unpaired) electrons. The topological polar surface area (TPSA) is 109 Å². The number of hydrogen-bond donors (Lipinski definition) is 3. The third-order valence-electron chi connectivity index (χ3n) is 4.89. The van der Waals surface area contributed by atoms with Crippen molar-refractivity contribution in [2.24, 2.45) is 11.8 Å². The molecule has 0 aliphatic carbocycles. The second kappa shape index (κ2) is 9.60. The minimum Gasteiger partial charge on any atom is -0.454 e. The lowest BCUT2D eigenvalue weighted by Gasteiger charge is -2.30. The van der Waals surface area contributed by atoms with E-state index >= 15 is 0 Å². The maximum Gasteiger partial charge on any atom is 0.321 e. The number of ether oxygens (including phenoxy) is 2. The fourth-order valence-electron chi connectivity index (χ4n) is 3.28. The first kappa shape index (κ1) is 20.9. The molecular weight excluding hydrogens is 376 g/mol. The van der Waals surface area contributed by atoms with Crippen molar-refractivity contribution >= 4 is 23.5 Å². The summed E-state index contributed by atoms with van der Waals surface area (Å²) in [7, 11) is 0. The van der Waals surface area contributed by atoms with E-state index in [0.29, 0.717) is 55.6 Å². The Bertz CT molecular complexity index is 759. The summed E-state index contributed by atoms with van der Waals surface area (Å²) in [5.41, 5.74) is 0.675. The number of urea groups is 1. The van der Waals surface area contributed by atoms with Crippen molar-refractivity contribution in [2.75, 3.05) is 38.3 Å². The van der Waals surface area contributed by atoms with Crippen LogP contribution in [0.25, 0.3) is 0 Å². The van der Waals surface area contributed by atoms with Crippen LogP contribution in [0.5, 0.6) is 11.5 Å². The Labute approximate surface area is 170 Å². The summed E-state index contributed by atoms with van der Waals surface area (Å²) in [5.74, 6) is 1.12. The fraction of sp³-hybridized carbons (Fsp3) is 0.550. The Balaban J connectivity index is 1.39. The van der Waals surface area contributed by atoms with Gasteiger partial charge in [-0.05, 0) is 44.0 Å². The third-order valence-corrected chi connectivity index (χ3v) is 4.89. The molecule has 1 saturated heterocycles. The van der Waals surface area contributed by atoms with Crippen molar-refractivity contribution < 1.29 is 23.9 Å². The molecule has 0 spiro atoms. The minimum absolute atomic E-state index is 0.0407. The molecule has 4 amide bonds. The number of carbonyl (C=O) groups is 3. The van der Waals surface area contributed by atoms with Crippen LogP contribution in [0.3, 0.4) is 0 Å². The number of amides is 4. The average molecular weight is 404 g/mol. The first-order valence-corrected chi connectivity index (χ1v) is 9.91. The van der Waals surface area contributed by atoms with Gasteiger partial charge in [0, 0.05) is 24.2 Å². The zero-order valence-corrected chi connectivity index (χ0v) is 16.8. The van der Waals surface area contributed by atoms with Crippen LogP contribution in [0.15, 0.2) is 18.2 Å². The highest BCUT2D eigenvalue weighted by molar-refractivity contribution is 5.95. The van der Waals surface area contributed by atoms with Gasteiger partial charge in [0.1, 0.15) is 0 Å². The van der Waals surface area contributed by atoms with Crippen molar-refractivity contribution in [1.29, 1.82) is 0 Å². The van der Waals surface area contributed by atoms with Gasteiger partial charge < -0.3 is 20.1 Å². The number of anilines is 1. The van der Waals surface area contributed by atoms with Crippen molar-refractivity contribution in [3.63, 3.8) is 0 Å². The summed E-state index contributed by atoms with van der Waals surface area (Å²) in [6.07, 6.45) is 1.31. The van der Waals surface area contributed by atoms with Gasteiger partial charge in [-0.3, -0.25) is 19.8 Å². The van der Waals surface area contributed by atoms with Gasteiger partial charge in [-0.15, -0.1) is 0 Å². The van der Waals surface area contributed by atoms with Crippen LogP contribution in [-0.2, 0) is 9.59 Å². The van der Waals surface area contributed by atoms with E-state index in [4.69, 9.17) is 9.47 Å². The molecule has 3 N–H and O–H groups in total. The lowest BCUT2D eigenvalue weighted by atomic mass is 9.96. The van der Waals surface area contributed by atoms with Crippen LogP contribution in [-0.4, -0.2) is 55.7 Å². The number of benzene rings is 1. The number of nitrogens with one attached hydrogen (secondary N) is 3. The van der Waals surface area contributed by atoms with Gasteiger partial charge >= 0.3 is 6.03 Å². The van der Waals surface area contributed by atoms with E-state index in [1.807, 2.05) is 18.7 Å². The van der Waals surface area contributed by atoms with E-state index in [9.17, 15) is 14.4 Å². The summed E-state index contributed by atoms with van der Waals surface area (Å²) >= 11 is 0. The molecule has 2 aliphatic rings. The van der Waals surface area contributed by atoms with E-state index in [-0.39, 0.29) is 31.1 Å². The second-order valence-electron chi connectivity index (χ2n) is 7.76. The van der Waals surface area contributed by atoms with Crippen LogP contribution in [0, 0.1) is 11.8 Å². The lowest BCUT2D eigenvalue weighted by Crippen LogP contribution is -2.47. The Morgan fingerprint density at radius 1 is 1.14 bits per heavy atom. The third kappa shape index (κ3) is 6.08. The Hall–Kier alpha value is -2.81. The van der Waals surface area contributed by atoms with Gasteiger partial charge in [-0.1, -0.05) is 13.8 Å². The smallest absolute Gasteiger partial charge is 0.321 e. The van der Waals surface area contributed by atoms with Crippen molar-refractivity contribution in [3.8, 4) is 11.5 Å². The predicted octanol–water partition coefficient (Wildman–Crippen LogP) is 1.55. The molecular formula is C20H28N4O5. The number of nitrogens with zero attached hydrogens (tertiary/aromatic N) is 1. The van der Waals surface area contributed by atoms with Crippen molar-refractivity contribution in [3.05, 3.63) is 18.2 Å². The van der Waals surface area contributed by atoms with Gasteiger partial charge in [-0.2, -0.15) is 0 Å². The quantitative estimate of drug-likeness (QED) is 0.664. The van der Waals surface area contributed by atoms with Crippen molar-refractivity contribution in [1.82, 2.24) is 15.5 Å². The molecule has 158 valence electrons. The minimum atomic E-state index is -0.471. The van der Waals surface area contributed by atoms with Crippen molar-refractivity contribution in [2.45, 2.75) is 26.7 Å². The first-order chi connectivity index (χ1) is 13.9. The predicted molar refractivity (Wildman–Crippen MR) is 107 cm³/mol. The van der Waals surface area contributed by atoms with Gasteiger partial charge in [0.2, 0.25) is 18.6 Å². The summed E-state index contributed by atoms with van der Waals surface area (Å²) in [6.45, 7) is 6.07. The molecule has 2 aliphatic heterocycles. The number of rotatable bonds is 6. The van der Waals surface area contributed by atoms with Crippen LogP contribution >= 0.6 is 0 Å². The summed E-state index contributed by atoms with van der Waals surface area (Å²) in [5, 5.41) is 7.91. The highest BCUT2D eigenvalue weighted by atomic mass is 16.7. The molecule has 1 fully saturated rings. The van der Waals surface area contributed by atoms with E-state index in [1.165, 1.54) is 0 Å². The SMILES string of the molecule is CC(C)CNC(=O)NC(=O)CN1CCC(C(=O)Nc2ccc3c(c2)OCO3)CC1. The molecule has 1 aromatic carbocycles. The molecule has 0 unspecified atom stereocenters. The van der Waals surface area contributed by atoms with E-state index in [2.05, 4.69) is 16.0 Å². The molecule has 0 saturated carbocycles. The van der Waals surface area contributed by atoms with E-state index < -0.39 is 6.03 Å². The largest absolute Gasteiger partial charge is 0.454 e. The molecule has 1 aromatic rings. The zero-order chi connectivity index (χ0) is 20.8. The molecule has 9 nitrogen and oxygen atoms in total. The van der Waals surface area contributed by atoms with E-state index in [0.717, 1.165) is 0 Å². The van der Waals surface area contributed by atoms with E-state index in [1.54, 1.807) is 18.2 Å². The number of piperidine rings is 1. The molecule has 0 bridgehead atoms. The molecule has 2 heterocycles. The fourth-order valence-corrected chi connectivity index (χ4v) is 3.28. The Kier molecular flexibility index (Phi) is 6.92. The first-order valence-electron chi connectivity index (χ1n) is 9.91. The van der Waals surface area contributed by atoms with Crippen LogP contribution < -0.4 is 25.4 Å².